The van der Waals surface area contributed by atoms with E-state index < -0.39 is 0 Å². The van der Waals surface area contributed by atoms with Crippen molar-refractivity contribution in [1.29, 1.82) is 0 Å². The first-order chi connectivity index (χ1) is 16.2. The number of ether oxygens (including phenoxy) is 1. The number of hydrogen-bond donors (Lipinski definition) is 0. The molecule has 0 spiro atoms. The molecule has 0 radical (unpaired) electrons. The van der Waals surface area contributed by atoms with Crippen LogP contribution in [0.15, 0.2) is 65.5 Å². The van der Waals surface area contributed by atoms with Gasteiger partial charge in [0.2, 0.25) is 5.88 Å². The van der Waals surface area contributed by atoms with Crippen molar-refractivity contribution >= 4 is 16.8 Å². The van der Waals surface area contributed by atoms with Crippen molar-refractivity contribution < 1.29 is 18.3 Å². The van der Waals surface area contributed by atoms with Crippen LogP contribution in [0, 0.1) is 5.82 Å². The molecule has 1 fully saturated rings. The third kappa shape index (κ3) is 4.84. The minimum atomic E-state index is -0.263. The minimum absolute atomic E-state index is 0.0320. The lowest BCUT2D eigenvalue weighted by Crippen LogP contribution is -2.41. The molecule has 1 atom stereocenters. The third-order valence-electron chi connectivity index (χ3n) is 5.83. The van der Waals surface area contributed by atoms with Crippen molar-refractivity contribution in [2.45, 2.75) is 25.2 Å². The van der Waals surface area contributed by atoms with Crippen LogP contribution in [0.4, 0.5) is 4.39 Å². The van der Waals surface area contributed by atoms with Gasteiger partial charge in [-0.1, -0.05) is 24.3 Å². The molecule has 1 amide bonds. The summed E-state index contributed by atoms with van der Waals surface area (Å²) in [6.45, 7) is 1.12. The molecule has 7 nitrogen and oxygen atoms in total. The average Bonchev–Trinajstić information content (AvgIpc) is 3.32. The highest BCUT2D eigenvalue weighted by Crippen LogP contribution is 2.28. The number of rotatable bonds is 6. The molecule has 2 aromatic carbocycles. The number of fused-ring (bicyclic) bond motifs is 1. The van der Waals surface area contributed by atoms with E-state index in [2.05, 4.69) is 15.0 Å². The molecule has 1 aliphatic heterocycles. The molecule has 1 saturated heterocycles. The standard InChI is InChI=1S/C25H23FN4O3/c26-19-9-7-17(8-10-19)12-20-13-27-24(33-20)18-4-3-11-30(14-18)23(31)15-32-25-21-5-1-2-6-22(21)28-16-29-25/h1-2,5-10,13,16,18H,3-4,11-12,14-15H2. The molecule has 4 aromatic rings. The van der Waals surface area contributed by atoms with Crippen LogP contribution in [0.2, 0.25) is 0 Å². The Labute approximate surface area is 190 Å². The summed E-state index contributed by atoms with van der Waals surface area (Å²) in [4.78, 5) is 27.5. The largest absolute Gasteiger partial charge is 0.467 e. The zero-order valence-electron chi connectivity index (χ0n) is 18.0. The van der Waals surface area contributed by atoms with Crippen LogP contribution in [-0.4, -0.2) is 45.5 Å². The fourth-order valence-electron chi connectivity index (χ4n) is 4.12. The number of piperidine rings is 1. The molecule has 0 bridgehead atoms. The topological polar surface area (TPSA) is 81.4 Å². The molecule has 1 aliphatic rings. The number of nitrogens with zero attached hydrogens (tertiary/aromatic N) is 4. The SMILES string of the molecule is O=C(COc1ncnc2ccccc12)N1CCCC(c2ncc(Cc3ccc(F)cc3)o2)C1. The molecule has 0 aliphatic carbocycles. The first-order valence-electron chi connectivity index (χ1n) is 10.9. The second-order valence-corrected chi connectivity index (χ2v) is 8.13. The Bertz CT molecular complexity index is 1250. The highest BCUT2D eigenvalue weighted by molar-refractivity contribution is 5.84. The summed E-state index contributed by atoms with van der Waals surface area (Å²) >= 11 is 0. The van der Waals surface area contributed by atoms with Gasteiger partial charge in [0, 0.05) is 19.5 Å². The lowest BCUT2D eigenvalue weighted by molar-refractivity contribution is -0.134. The van der Waals surface area contributed by atoms with Crippen molar-refractivity contribution in [3.05, 3.63) is 84.1 Å². The lowest BCUT2D eigenvalue weighted by atomic mass is 9.98. The maximum atomic E-state index is 13.1. The first-order valence-corrected chi connectivity index (χ1v) is 10.9. The summed E-state index contributed by atoms with van der Waals surface area (Å²) in [5.41, 5.74) is 1.72. The van der Waals surface area contributed by atoms with E-state index in [4.69, 9.17) is 9.15 Å². The molecule has 1 unspecified atom stereocenters. The van der Waals surface area contributed by atoms with E-state index in [1.807, 2.05) is 24.3 Å². The van der Waals surface area contributed by atoms with Crippen molar-refractivity contribution in [3.8, 4) is 5.88 Å². The van der Waals surface area contributed by atoms with Crippen LogP contribution in [0.5, 0.6) is 5.88 Å². The van der Waals surface area contributed by atoms with Crippen LogP contribution >= 0.6 is 0 Å². The van der Waals surface area contributed by atoms with Gasteiger partial charge in [-0.2, -0.15) is 0 Å². The quantitative estimate of drug-likeness (QED) is 0.443. The van der Waals surface area contributed by atoms with E-state index in [1.54, 1.807) is 23.2 Å². The molecular weight excluding hydrogens is 423 g/mol. The zero-order valence-corrected chi connectivity index (χ0v) is 18.0. The van der Waals surface area contributed by atoms with E-state index in [9.17, 15) is 9.18 Å². The van der Waals surface area contributed by atoms with Gasteiger partial charge in [-0.25, -0.2) is 19.3 Å². The highest BCUT2D eigenvalue weighted by atomic mass is 19.1. The fourth-order valence-corrected chi connectivity index (χ4v) is 4.12. The van der Waals surface area contributed by atoms with Crippen LogP contribution in [0.1, 0.15) is 36.0 Å². The first kappa shape index (κ1) is 21.1. The molecule has 33 heavy (non-hydrogen) atoms. The van der Waals surface area contributed by atoms with Crippen LogP contribution in [0.25, 0.3) is 10.9 Å². The summed E-state index contributed by atoms with van der Waals surface area (Å²) in [7, 11) is 0. The van der Waals surface area contributed by atoms with E-state index in [-0.39, 0.29) is 24.2 Å². The number of oxazole rings is 1. The zero-order chi connectivity index (χ0) is 22.6. The van der Waals surface area contributed by atoms with Gasteiger partial charge >= 0.3 is 0 Å². The fraction of sp³-hybridized carbons (Fsp3) is 0.280. The number of hydrogen-bond acceptors (Lipinski definition) is 6. The minimum Gasteiger partial charge on any atom is -0.467 e. The maximum Gasteiger partial charge on any atom is 0.260 e. The summed E-state index contributed by atoms with van der Waals surface area (Å²) in [5.74, 6) is 1.43. The van der Waals surface area contributed by atoms with Gasteiger partial charge in [0.05, 0.1) is 23.0 Å². The van der Waals surface area contributed by atoms with Crippen molar-refractivity contribution in [2.75, 3.05) is 19.7 Å². The Morgan fingerprint density at radius 2 is 1.97 bits per heavy atom. The second-order valence-electron chi connectivity index (χ2n) is 8.13. The number of carbonyl (C=O) groups excluding carboxylic acids is 1. The summed E-state index contributed by atoms with van der Waals surface area (Å²) in [5, 5.41) is 0.776. The molecule has 8 heteroatoms. The van der Waals surface area contributed by atoms with Crippen molar-refractivity contribution in [1.82, 2.24) is 19.9 Å². The molecular formula is C25H23FN4O3. The Morgan fingerprint density at radius 3 is 2.85 bits per heavy atom. The van der Waals surface area contributed by atoms with Crippen LogP contribution < -0.4 is 4.74 Å². The highest BCUT2D eigenvalue weighted by Gasteiger charge is 2.28. The Morgan fingerprint density at radius 1 is 1.12 bits per heavy atom. The number of likely N-dealkylation sites (tertiary alicyclic amines) is 1. The van der Waals surface area contributed by atoms with Gasteiger partial charge in [-0.05, 0) is 42.7 Å². The second kappa shape index (κ2) is 9.36. The van der Waals surface area contributed by atoms with E-state index >= 15 is 0 Å². The lowest BCUT2D eigenvalue weighted by Gasteiger charge is -2.31. The number of amides is 1. The number of para-hydroxylation sites is 1. The summed E-state index contributed by atoms with van der Waals surface area (Å²) in [6, 6.07) is 13.9. The van der Waals surface area contributed by atoms with Crippen LogP contribution in [0.3, 0.4) is 0 Å². The van der Waals surface area contributed by atoms with Crippen molar-refractivity contribution in [2.24, 2.45) is 0 Å². The molecule has 0 saturated carbocycles. The monoisotopic (exact) mass is 446 g/mol. The van der Waals surface area contributed by atoms with E-state index in [0.717, 1.165) is 35.1 Å². The molecule has 168 valence electrons. The number of halogens is 1. The van der Waals surface area contributed by atoms with Crippen molar-refractivity contribution in [3.63, 3.8) is 0 Å². The molecule has 5 rings (SSSR count). The Balaban J connectivity index is 1.20. The van der Waals surface area contributed by atoms with E-state index in [0.29, 0.717) is 31.3 Å². The van der Waals surface area contributed by atoms with Gasteiger partial charge in [0.15, 0.2) is 12.5 Å². The number of benzene rings is 2. The van der Waals surface area contributed by atoms with E-state index in [1.165, 1.54) is 18.5 Å². The molecule has 3 heterocycles. The average molecular weight is 446 g/mol. The smallest absolute Gasteiger partial charge is 0.260 e. The van der Waals surface area contributed by atoms with Crippen LogP contribution in [-0.2, 0) is 11.2 Å². The molecule has 0 N–H and O–H groups in total. The van der Waals surface area contributed by atoms with Gasteiger partial charge in [0.25, 0.3) is 5.91 Å². The third-order valence-corrected chi connectivity index (χ3v) is 5.83. The molecule has 2 aromatic heterocycles. The van der Waals surface area contributed by atoms with Gasteiger partial charge in [0.1, 0.15) is 17.9 Å². The normalized spacial score (nSPS) is 16.2. The summed E-state index contributed by atoms with van der Waals surface area (Å²) < 4.78 is 24.8. The Kier molecular flexibility index (Phi) is 5.97. The number of aromatic nitrogens is 3. The van der Waals surface area contributed by atoms with Gasteiger partial charge in [-0.3, -0.25) is 4.79 Å². The number of carbonyl (C=O) groups is 1. The van der Waals surface area contributed by atoms with Gasteiger partial charge < -0.3 is 14.1 Å². The Hall–Kier alpha value is -3.81. The maximum absolute atomic E-state index is 13.1. The predicted octanol–water partition coefficient (Wildman–Crippen LogP) is 4.13. The van der Waals surface area contributed by atoms with Gasteiger partial charge in [-0.15, -0.1) is 0 Å². The predicted molar refractivity (Wildman–Crippen MR) is 119 cm³/mol. The summed E-state index contributed by atoms with van der Waals surface area (Å²) in [6.07, 6.45) is 5.46.